The summed E-state index contributed by atoms with van der Waals surface area (Å²) < 4.78 is 0. The first kappa shape index (κ1) is 18.2. The van der Waals surface area contributed by atoms with E-state index in [1.54, 1.807) is 35.2 Å². The van der Waals surface area contributed by atoms with E-state index >= 15 is 0 Å². The molecule has 0 aliphatic carbocycles. The fraction of sp³-hybridized carbons (Fsp3) is 0.238. The molecule has 2 amide bonds. The van der Waals surface area contributed by atoms with Gasteiger partial charge >= 0.3 is 0 Å². The summed E-state index contributed by atoms with van der Waals surface area (Å²) >= 11 is 6.21. The monoisotopic (exact) mass is 368 g/mol. The second kappa shape index (κ2) is 7.75. The molecule has 0 fully saturated rings. The molecule has 0 saturated carbocycles. The summed E-state index contributed by atoms with van der Waals surface area (Å²) in [6, 6.07) is 14.0. The SMILES string of the molecule is C=C[C@@H](C)NC(=O)[C@H]1Cc2ccccc2CN1C(=O)c1ccccc1Cl. The maximum atomic E-state index is 13.1. The Morgan fingerprint density at radius 1 is 1.19 bits per heavy atom. The molecule has 1 aliphatic heterocycles. The average molecular weight is 369 g/mol. The molecular weight excluding hydrogens is 348 g/mol. The highest BCUT2D eigenvalue weighted by Gasteiger charge is 2.35. The van der Waals surface area contributed by atoms with Gasteiger partial charge in [-0.3, -0.25) is 9.59 Å². The fourth-order valence-corrected chi connectivity index (χ4v) is 3.36. The lowest BCUT2D eigenvalue weighted by atomic mass is 9.92. The predicted octanol–water partition coefficient (Wildman–Crippen LogP) is 3.60. The molecule has 0 bridgehead atoms. The number of rotatable bonds is 4. The smallest absolute Gasteiger partial charge is 0.256 e. The number of carbonyl (C=O) groups is 2. The number of halogens is 1. The van der Waals surface area contributed by atoms with Crippen molar-refractivity contribution in [1.29, 1.82) is 0 Å². The van der Waals surface area contributed by atoms with Crippen LogP contribution in [0, 0.1) is 0 Å². The van der Waals surface area contributed by atoms with Gasteiger partial charge in [-0.05, 0) is 30.2 Å². The van der Waals surface area contributed by atoms with Crippen molar-refractivity contribution < 1.29 is 9.59 Å². The van der Waals surface area contributed by atoms with Crippen molar-refractivity contribution in [1.82, 2.24) is 10.2 Å². The molecule has 2 aromatic rings. The molecule has 26 heavy (non-hydrogen) atoms. The Bertz CT molecular complexity index is 849. The van der Waals surface area contributed by atoms with Gasteiger partial charge in [0.15, 0.2) is 0 Å². The van der Waals surface area contributed by atoms with E-state index in [1.165, 1.54) is 0 Å². The number of nitrogens with zero attached hydrogens (tertiary/aromatic N) is 1. The van der Waals surface area contributed by atoms with Gasteiger partial charge < -0.3 is 10.2 Å². The van der Waals surface area contributed by atoms with Gasteiger partial charge in [0.1, 0.15) is 6.04 Å². The standard InChI is InChI=1S/C21H21ClN2O2/c1-3-14(2)23-20(25)19-12-15-8-4-5-9-16(15)13-24(19)21(26)17-10-6-7-11-18(17)22/h3-11,14,19H,1,12-13H2,2H3,(H,23,25)/t14-,19-/m1/s1. The van der Waals surface area contributed by atoms with Crippen molar-refractivity contribution in [2.75, 3.05) is 0 Å². The lowest BCUT2D eigenvalue weighted by molar-refractivity contribution is -0.126. The molecule has 1 N–H and O–H groups in total. The third-order valence-electron chi connectivity index (χ3n) is 4.64. The number of nitrogens with one attached hydrogen (secondary N) is 1. The van der Waals surface area contributed by atoms with E-state index in [4.69, 9.17) is 11.6 Å². The van der Waals surface area contributed by atoms with E-state index in [2.05, 4.69) is 11.9 Å². The van der Waals surface area contributed by atoms with Crippen LogP contribution in [0.1, 0.15) is 28.4 Å². The normalized spacial score (nSPS) is 17.2. The molecular formula is C21H21ClN2O2. The second-order valence-electron chi connectivity index (χ2n) is 6.43. The van der Waals surface area contributed by atoms with E-state index in [1.807, 2.05) is 31.2 Å². The summed E-state index contributed by atoms with van der Waals surface area (Å²) in [5, 5.41) is 3.28. The number of benzene rings is 2. The van der Waals surface area contributed by atoms with E-state index in [0.717, 1.165) is 11.1 Å². The molecule has 1 heterocycles. The van der Waals surface area contributed by atoms with Crippen LogP contribution in [0.15, 0.2) is 61.2 Å². The Labute approximate surface area is 158 Å². The molecule has 5 heteroatoms. The quantitative estimate of drug-likeness (QED) is 0.838. The molecule has 4 nitrogen and oxygen atoms in total. The number of amides is 2. The first-order valence-electron chi connectivity index (χ1n) is 8.56. The third-order valence-corrected chi connectivity index (χ3v) is 4.97. The molecule has 134 valence electrons. The van der Waals surface area contributed by atoms with Crippen LogP contribution in [0.25, 0.3) is 0 Å². The zero-order chi connectivity index (χ0) is 18.7. The van der Waals surface area contributed by atoms with Gasteiger partial charge in [-0.2, -0.15) is 0 Å². The van der Waals surface area contributed by atoms with Gasteiger partial charge in [0.05, 0.1) is 10.6 Å². The highest BCUT2D eigenvalue weighted by atomic mass is 35.5. The molecule has 0 unspecified atom stereocenters. The predicted molar refractivity (Wildman–Crippen MR) is 103 cm³/mol. The Morgan fingerprint density at radius 3 is 2.54 bits per heavy atom. The van der Waals surface area contributed by atoms with Crippen molar-refractivity contribution >= 4 is 23.4 Å². The van der Waals surface area contributed by atoms with Crippen LogP contribution in [-0.4, -0.2) is 28.8 Å². The van der Waals surface area contributed by atoms with Crippen LogP contribution >= 0.6 is 11.6 Å². The highest BCUT2D eigenvalue weighted by Crippen LogP contribution is 2.27. The van der Waals surface area contributed by atoms with Crippen LogP contribution < -0.4 is 5.32 Å². The van der Waals surface area contributed by atoms with Gasteiger partial charge in [-0.1, -0.05) is 54.1 Å². The number of hydrogen-bond donors (Lipinski definition) is 1. The zero-order valence-electron chi connectivity index (χ0n) is 14.6. The minimum Gasteiger partial charge on any atom is -0.348 e. The van der Waals surface area contributed by atoms with Crippen molar-refractivity contribution in [3.05, 3.63) is 82.9 Å². The van der Waals surface area contributed by atoms with Gasteiger partial charge in [0.25, 0.3) is 5.91 Å². The Morgan fingerprint density at radius 2 is 1.85 bits per heavy atom. The minimum atomic E-state index is -0.587. The zero-order valence-corrected chi connectivity index (χ0v) is 15.4. The van der Waals surface area contributed by atoms with E-state index in [-0.39, 0.29) is 17.9 Å². The summed E-state index contributed by atoms with van der Waals surface area (Å²) in [4.78, 5) is 27.6. The van der Waals surface area contributed by atoms with Gasteiger partial charge in [0.2, 0.25) is 5.91 Å². The molecule has 0 saturated heterocycles. The van der Waals surface area contributed by atoms with E-state index in [0.29, 0.717) is 23.6 Å². The van der Waals surface area contributed by atoms with Crippen molar-refractivity contribution in [2.45, 2.75) is 32.0 Å². The molecule has 2 atom stereocenters. The third kappa shape index (κ3) is 3.65. The summed E-state index contributed by atoms with van der Waals surface area (Å²) in [5.74, 6) is -0.427. The topological polar surface area (TPSA) is 49.4 Å². The Kier molecular flexibility index (Phi) is 5.43. The highest BCUT2D eigenvalue weighted by molar-refractivity contribution is 6.33. The molecule has 1 aliphatic rings. The van der Waals surface area contributed by atoms with Crippen molar-refractivity contribution in [2.24, 2.45) is 0 Å². The fourth-order valence-electron chi connectivity index (χ4n) is 3.14. The van der Waals surface area contributed by atoms with Crippen LogP contribution in [0.4, 0.5) is 0 Å². The largest absolute Gasteiger partial charge is 0.348 e. The summed E-state index contributed by atoms with van der Waals surface area (Å²) in [6.07, 6.45) is 2.14. The Hall–Kier alpha value is -2.59. The lowest BCUT2D eigenvalue weighted by Gasteiger charge is -2.36. The lowest BCUT2D eigenvalue weighted by Crippen LogP contribution is -2.53. The summed E-state index contributed by atoms with van der Waals surface area (Å²) in [6.45, 7) is 5.92. The van der Waals surface area contributed by atoms with Crippen molar-refractivity contribution in [3.63, 3.8) is 0 Å². The molecule has 0 aromatic heterocycles. The number of hydrogen-bond acceptors (Lipinski definition) is 2. The number of fused-ring (bicyclic) bond motifs is 1. The Balaban J connectivity index is 1.96. The van der Waals surface area contributed by atoms with Crippen LogP contribution in [0.2, 0.25) is 5.02 Å². The minimum absolute atomic E-state index is 0.170. The van der Waals surface area contributed by atoms with Crippen LogP contribution in [0.3, 0.4) is 0 Å². The first-order valence-corrected chi connectivity index (χ1v) is 8.94. The maximum Gasteiger partial charge on any atom is 0.256 e. The van der Waals surface area contributed by atoms with Crippen molar-refractivity contribution in [3.8, 4) is 0 Å². The molecule has 0 spiro atoms. The molecule has 3 rings (SSSR count). The van der Waals surface area contributed by atoms with Gasteiger partial charge in [-0.25, -0.2) is 0 Å². The molecule has 2 aromatic carbocycles. The summed E-state index contributed by atoms with van der Waals surface area (Å²) in [5.41, 5.74) is 2.54. The number of carbonyl (C=O) groups excluding carboxylic acids is 2. The average Bonchev–Trinajstić information content (AvgIpc) is 2.66. The van der Waals surface area contributed by atoms with Gasteiger partial charge in [-0.15, -0.1) is 6.58 Å². The van der Waals surface area contributed by atoms with E-state index < -0.39 is 6.04 Å². The van der Waals surface area contributed by atoms with E-state index in [9.17, 15) is 9.59 Å². The van der Waals surface area contributed by atoms with Crippen LogP contribution in [0.5, 0.6) is 0 Å². The van der Waals surface area contributed by atoms with Crippen LogP contribution in [-0.2, 0) is 17.8 Å². The van der Waals surface area contributed by atoms with Gasteiger partial charge in [0, 0.05) is 19.0 Å². The summed E-state index contributed by atoms with van der Waals surface area (Å²) in [7, 11) is 0. The second-order valence-corrected chi connectivity index (χ2v) is 6.84. The first-order chi connectivity index (χ1) is 12.5. The molecule has 0 radical (unpaired) electrons. The maximum absolute atomic E-state index is 13.1.